The molecule has 2 unspecified atom stereocenters. The van der Waals surface area contributed by atoms with Crippen molar-refractivity contribution < 1.29 is 13.6 Å². The number of halogens is 2. The number of carbonyl (C=O) groups is 1. The molecule has 0 bridgehead atoms. The van der Waals surface area contributed by atoms with Crippen molar-refractivity contribution in [1.29, 1.82) is 0 Å². The average molecular weight is 284 g/mol. The molecule has 1 nitrogen and oxygen atoms in total. The molecule has 0 saturated heterocycles. The molecule has 2 aromatic rings. The summed E-state index contributed by atoms with van der Waals surface area (Å²) in [5, 5.41) is 0. The van der Waals surface area contributed by atoms with Gasteiger partial charge in [0, 0.05) is 12.3 Å². The first-order valence-electron chi connectivity index (χ1n) is 7.15. The second-order valence-electron chi connectivity index (χ2n) is 5.84. The molecule has 2 aromatic carbocycles. The number of carbonyl (C=O) groups excluding carboxylic acids is 1. The fourth-order valence-corrected chi connectivity index (χ4v) is 3.84. The molecule has 4 rings (SSSR count). The van der Waals surface area contributed by atoms with Crippen molar-refractivity contribution in [3.63, 3.8) is 0 Å². The van der Waals surface area contributed by atoms with Crippen molar-refractivity contribution in [2.24, 2.45) is 0 Å². The first-order chi connectivity index (χ1) is 10.2. The second-order valence-corrected chi connectivity index (χ2v) is 5.84. The normalized spacial score (nSPS) is 27.8. The highest BCUT2D eigenvalue weighted by molar-refractivity contribution is 5.61. The lowest BCUT2D eigenvalue weighted by Crippen LogP contribution is -2.09. The van der Waals surface area contributed by atoms with E-state index in [4.69, 9.17) is 0 Å². The number of hydrogen-bond donors (Lipinski definition) is 0. The van der Waals surface area contributed by atoms with Crippen molar-refractivity contribution in [2.45, 2.75) is 30.1 Å². The lowest BCUT2D eigenvalue weighted by Gasteiger charge is -2.20. The summed E-state index contributed by atoms with van der Waals surface area (Å²) in [5.41, 5.74) is 3.16. The Morgan fingerprint density at radius 3 is 1.71 bits per heavy atom. The Morgan fingerprint density at radius 2 is 1.29 bits per heavy atom. The highest BCUT2D eigenvalue weighted by atomic mass is 19.3. The number of benzene rings is 2. The van der Waals surface area contributed by atoms with Gasteiger partial charge in [-0.25, -0.2) is 8.78 Å². The van der Waals surface area contributed by atoms with E-state index in [0.29, 0.717) is 17.5 Å². The van der Waals surface area contributed by atoms with Crippen LogP contribution in [-0.2, 0) is 4.79 Å². The Morgan fingerprint density at radius 1 is 0.857 bits per heavy atom. The number of alkyl halides is 2. The summed E-state index contributed by atoms with van der Waals surface area (Å²) in [5.74, 6) is -4.28. The van der Waals surface area contributed by atoms with E-state index >= 15 is 0 Å². The molecule has 0 N–H and O–H groups in total. The molecule has 2 aliphatic carbocycles. The molecule has 1 saturated carbocycles. The maximum absolute atomic E-state index is 14.3. The summed E-state index contributed by atoms with van der Waals surface area (Å²) in [6.45, 7) is 0. The lowest BCUT2D eigenvalue weighted by molar-refractivity contribution is -0.108. The molecule has 21 heavy (non-hydrogen) atoms. The molecule has 2 aliphatic rings. The van der Waals surface area contributed by atoms with E-state index < -0.39 is 17.8 Å². The quantitative estimate of drug-likeness (QED) is 0.754. The van der Waals surface area contributed by atoms with Gasteiger partial charge in [0.15, 0.2) is 0 Å². The third-order valence-corrected chi connectivity index (χ3v) is 4.80. The summed E-state index contributed by atoms with van der Waals surface area (Å²) in [7, 11) is 0. The van der Waals surface area contributed by atoms with Gasteiger partial charge in [0.05, 0.1) is 11.8 Å². The molecule has 106 valence electrons. The molecule has 1 fully saturated rings. The fourth-order valence-electron chi connectivity index (χ4n) is 3.84. The molecule has 0 spiro atoms. The van der Waals surface area contributed by atoms with E-state index in [2.05, 4.69) is 0 Å². The second kappa shape index (κ2) is 4.23. The van der Waals surface area contributed by atoms with Gasteiger partial charge < -0.3 is 4.79 Å². The van der Waals surface area contributed by atoms with E-state index in [9.17, 15) is 13.6 Å². The van der Waals surface area contributed by atoms with Crippen LogP contribution in [0.15, 0.2) is 48.5 Å². The number of rotatable bonds is 2. The largest absolute Gasteiger partial charge is 0.303 e. The number of aldehydes is 1. The van der Waals surface area contributed by atoms with Crippen LogP contribution in [0.2, 0.25) is 0 Å². The van der Waals surface area contributed by atoms with Gasteiger partial charge >= 0.3 is 0 Å². The van der Waals surface area contributed by atoms with Gasteiger partial charge in [-0.1, -0.05) is 48.5 Å². The zero-order valence-corrected chi connectivity index (χ0v) is 11.3. The van der Waals surface area contributed by atoms with Gasteiger partial charge in [0.1, 0.15) is 6.29 Å². The van der Waals surface area contributed by atoms with Crippen molar-refractivity contribution in [3.05, 3.63) is 70.8 Å². The van der Waals surface area contributed by atoms with E-state index in [1.54, 1.807) is 24.3 Å². The molecule has 0 heterocycles. The third kappa shape index (κ3) is 1.63. The molecular weight excluding hydrogens is 270 g/mol. The Kier molecular flexibility index (Phi) is 2.56. The smallest absolute Gasteiger partial charge is 0.263 e. The topological polar surface area (TPSA) is 17.1 Å². The maximum Gasteiger partial charge on any atom is 0.263 e. The average Bonchev–Trinajstić information content (AvgIpc) is 3.10. The van der Waals surface area contributed by atoms with E-state index in [0.717, 1.165) is 17.4 Å². The molecule has 0 amide bonds. The molecular formula is C18H14F2O. The third-order valence-electron chi connectivity index (χ3n) is 4.80. The van der Waals surface area contributed by atoms with Gasteiger partial charge in [-0.2, -0.15) is 0 Å². The maximum atomic E-state index is 14.3. The van der Waals surface area contributed by atoms with Gasteiger partial charge in [0.25, 0.3) is 5.92 Å². The minimum absolute atomic E-state index is 0.112. The summed E-state index contributed by atoms with van der Waals surface area (Å²) in [6.07, 6.45) is 1.21. The minimum atomic E-state index is -2.68. The van der Waals surface area contributed by atoms with Crippen LogP contribution < -0.4 is 0 Å². The monoisotopic (exact) mass is 284 g/mol. The van der Waals surface area contributed by atoms with Crippen LogP contribution in [0.5, 0.6) is 0 Å². The van der Waals surface area contributed by atoms with Crippen LogP contribution in [0.1, 0.15) is 46.4 Å². The Balaban J connectivity index is 2.00. The number of hydrogen-bond acceptors (Lipinski definition) is 1. The van der Waals surface area contributed by atoms with E-state index in [-0.39, 0.29) is 5.92 Å². The minimum Gasteiger partial charge on any atom is -0.303 e. The van der Waals surface area contributed by atoms with Gasteiger partial charge in [0.2, 0.25) is 0 Å². The fraction of sp³-hybridized carbons (Fsp3) is 0.278. The van der Waals surface area contributed by atoms with Crippen molar-refractivity contribution in [2.75, 3.05) is 0 Å². The first-order valence-corrected chi connectivity index (χ1v) is 7.15. The standard InChI is InChI=1S/C18H14F2O/c19-18(20)16-14-7-3-1-5-11(14)13(9-10-21)12-6-2-4-8-15(12)17(16)18/h1-8,10,13,16-17H,9H2. The van der Waals surface area contributed by atoms with Crippen molar-refractivity contribution in [1.82, 2.24) is 0 Å². The van der Waals surface area contributed by atoms with Crippen LogP contribution >= 0.6 is 0 Å². The first kappa shape index (κ1) is 12.7. The molecule has 0 aromatic heterocycles. The Bertz CT molecular complexity index is 667. The molecule has 0 radical (unpaired) electrons. The van der Waals surface area contributed by atoms with Gasteiger partial charge in [-0.05, 0) is 22.3 Å². The summed E-state index contributed by atoms with van der Waals surface area (Å²) < 4.78 is 28.6. The van der Waals surface area contributed by atoms with Gasteiger partial charge in [-0.3, -0.25) is 0 Å². The lowest BCUT2D eigenvalue weighted by atomic mass is 9.84. The van der Waals surface area contributed by atoms with Crippen molar-refractivity contribution >= 4 is 6.29 Å². The highest BCUT2D eigenvalue weighted by Crippen LogP contribution is 2.70. The molecule has 3 heteroatoms. The Hall–Kier alpha value is -2.03. The molecule has 0 aliphatic heterocycles. The predicted octanol–water partition coefficient (Wildman–Crippen LogP) is 4.24. The van der Waals surface area contributed by atoms with E-state index in [1.165, 1.54) is 0 Å². The van der Waals surface area contributed by atoms with Crippen LogP contribution in [0.3, 0.4) is 0 Å². The number of fused-ring (bicyclic) bond motifs is 5. The SMILES string of the molecule is O=CCC1c2ccccc2C2C(c3ccccc31)C2(F)F. The van der Waals surface area contributed by atoms with Crippen LogP contribution in [0.4, 0.5) is 8.78 Å². The van der Waals surface area contributed by atoms with Crippen molar-refractivity contribution in [3.8, 4) is 0 Å². The summed E-state index contributed by atoms with van der Waals surface area (Å²) >= 11 is 0. The summed E-state index contributed by atoms with van der Waals surface area (Å²) in [6, 6.07) is 14.7. The highest BCUT2D eigenvalue weighted by Gasteiger charge is 2.70. The molecule has 2 atom stereocenters. The zero-order valence-electron chi connectivity index (χ0n) is 11.3. The van der Waals surface area contributed by atoms with Crippen LogP contribution in [0, 0.1) is 0 Å². The summed E-state index contributed by atoms with van der Waals surface area (Å²) in [4.78, 5) is 11.1. The zero-order chi connectivity index (χ0) is 14.6. The van der Waals surface area contributed by atoms with E-state index in [1.807, 2.05) is 24.3 Å². The van der Waals surface area contributed by atoms with Gasteiger partial charge in [-0.15, -0.1) is 0 Å². The Labute approximate surface area is 121 Å². The van der Waals surface area contributed by atoms with Crippen LogP contribution in [0.25, 0.3) is 0 Å². The predicted molar refractivity (Wildman–Crippen MR) is 75.8 cm³/mol. The van der Waals surface area contributed by atoms with Crippen LogP contribution in [-0.4, -0.2) is 12.2 Å².